The Bertz CT molecular complexity index is 503. The smallest absolute Gasteiger partial charge is 0.321 e. The van der Waals surface area contributed by atoms with Crippen LogP contribution >= 0.6 is 0 Å². The molecule has 2 fully saturated rings. The van der Waals surface area contributed by atoms with Gasteiger partial charge in [-0.15, -0.1) is 5.10 Å². The van der Waals surface area contributed by atoms with Crippen molar-refractivity contribution in [2.24, 2.45) is 11.8 Å². The molecule has 1 saturated carbocycles. The summed E-state index contributed by atoms with van der Waals surface area (Å²) in [4.78, 5) is 13.7. The van der Waals surface area contributed by atoms with E-state index in [0.717, 1.165) is 44.6 Å². The fourth-order valence-corrected chi connectivity index (χ4v) is 3.90. The summed E-state index contributed by atoms with van der Waals surface area (Å²) >= 11 is 0. The maximum atomic E-state index is 11.6. The highest BCUT2D eigenvalue weighted by Crippen LogP contribution is 2.42. The zero-order valence-corrected chi connectivity index (χ0v) is 12.5. The van der Waals surface area contributed by atoms with Gasteiger partial charge < -0.3 is 5.11 Å². The largest absolute Gasteiger partial charge is 0.480 e. The molecule has 3 atom stereocenters. The Morgan fingerprint density at radius 1 is 1.43 bits per heavy atom. The monoisotopic (exact) mass is 293 g/mol. The van der Waals surface area contributed by atoms with Gasteiger partial charge in [0.25, 0.3) is 0 Å². The highest BCUT2D eigenvalue weighted by molar-refractivity contribution is 5.74. The molecule has 7 nitrogen and oxygen atoms in total. The molecule has 2 heterocycles. The maximum absolute atomic E-state index is 11.6. The summed E-state index contributed by atoms with van der Waals surface area (Å²) in [6.07, 6.45) is 5.49. The van der Waals surface area contributed by atoms with Crippen molar-refractivity contribution >= 4 is 5.97 Å². The average Bonchev–Trinajstić information content (AvgIpc) is 3.11. The van der Waals surface area contributed by atoms with E-state index < -0.39 is 5.97 Å². The Labute approximate surface area is 124 Å². The number of aromatic nitrogens is 4. The van der Waals surface area contributed by atoms with E-state index in [1.807, 2.05) is 4.68 Å². The number of rotatable bonds is 6. The van der Waals surface area contributed by atoms with Crippen LogP contribution in [0.15, 0.2) is 0 Å². The van der Waals surface area contributed by atoms with Crippen LogP contribution in [-0.2, 0) is 17.9 Å². The lowest BCUT2D eigenvalue weighted by atomic mass is 9.94. The van der Waals surface area contributed by atoms with Gasteiger partial charge in [0.1, 0.15) is 6.04 Å². The molecule has 7 heteroatoms. The first-order valence-electron chi connectivity index (χ1n) is 7.92. The third-order valence-electron chi connectivity index (χ3n) is 4.91. The zero-order valence-electron chi connectivity index (χ0n) is 12.5. The fraction of sp³-hybridized carbons (Fsp3) is 0.857. The summed E-state index contributed by atoms with van der Waals surface area (Å²) in [5.74, 6) is 0.931. The molecule has 0 amide bonds. The van der Waals surface area contributed by atoms with Gasteiger partial charge in [0.15, 0.2) is 5.82 Å². The van der Waals surface area contributed by atoms with Crippen molar-refractivity contribution in [2.45, 2.75) is 58.2 Å². The molecule has 0 bridgehead atoms. The van der Waals surface area contributed by atoms with Gasteiger partial charge in [0.2, 0.25) is 0 Å². The predicted octanol–water partition coefficient (Wildman–Crippen LogP) is 1.16. The van der Waals surface area contributed by atoms with Crippen molar-refractivity contribution in [1.29, 1.82) is 0 Å². The SMILES string of the molecule is CCCCn1nnnc1CN1CC2CCCC2C1C(=O)O. The van der Waals surface area contributed by atoms with E-state index in [9.17, 15) is 9.90 Å². The Hall–Kier alpha value is -1.50. The molecule has 1 aromatic heterocycles. The van der Waals surface area contributed by atoms with E-state index in [4.69, 9.17) is 0 Å². The van der Waals surface area contributed by atoms with E-state index in [2.05, 4.69) is 27.3 Å². The molecule has 1 saturated heterocycles. The summed E-state index contributed by atoms with van der Waals surface area (Å²) in [6, 6.07) is -0.367. The van der Waals surface area contributed by atoms with Crippen LogP contribution in [0.1, 0.15) is 44.9 Å². The maximum Gasteiger partial charge on any atom is 0.321 e. The van der Waals surface area contributed by atoms with Crippen molar-refractivity contribution < 1.29 is 9.90 Å². The topological polar surface area (TPSA) is 84.1 Å². The molecule has 1 N–H and O–H groups in total. The number of aliphatic carboxylic acids is 1. The van der Waals surface area contributed by atoms with Gasteiger partial charge in [-0.05, 0) is 41.5 Å². The van der Waals surface area contributed by atoms with E-state index in [1.165, 1.54) is 6.42 Å². The van der Waals surface area contributed by atoms with Crippen LogP contribution in [-0.4, -0.2) is 48.8 Å². The Kier molecular flexibility index (Phi) is 4.19. The summed E-state index contributed by atoms with van der Waals surface area (Å²) in [7, 11) is 0. The number of likely N-dealkylation sites (tertiary alicyclic amines) is 1. The third-order valence-corrected chi connectivity index (χ3v) is 4.91. The summed E-state index contributed by atoms with van der Waals surface area (Å²) in [6.45, 7) is 4.34. The van der Waals surface area contributed by atoms with Crippen molar-refractivity contribution in [3.8, 4) is 0 Å². The van der Waals surface area contributed by atoms with Crippen LogP contribution in [0, 0.1) is 11.8 Å². The number of hydrogen-bond donors (Lipinski definition) is 1. The minimum absolute atomic E-state index is 0.308. The summed E-state index contributed by atoms with van der Waals surface area (Å²) < 4.78 is 1.82. The van der Waals surface area contributed by atoms with Crippen molar-refractivity contribution in [3.05, 3.63) is 5.82 Å². The first kappa shape index (κ1) is 14.4. The minimum atomic E-state index is -0.697. The highest BCUT2D eigenvalue weighted by Gasteiger charge is 2.47. The van der Waals surface area contributed by atoms with Crippen LogP contribution in [0.25, 0.3) is 0 Å². The molecule has 3 rings (SSSR count). The molecule has 1 aliphatic carbocycles. The van der Waals surface area contributed by atoms with Crippen LogP contribution in [0.2, 0.25) is 0 Å². The Morgan fingerprint density at radius 3 is 3.05 bits per heavy atom. The quantitative estimate of drug-likeness (QED) is 0.847. The zero-order chi connectivity index (χ0) is 14.8. The lowest BCUT2D eigenvalue weighted by Gasteiger charge is -2.23. The van der Waals surface area contributed by atoms with Crippen molar-refractivity contribution in [1.82, 2.24) is 25.1 Å². The standard InChI is InChI=1S/C14H23N5O2/c1-2-3-7-19-12(15-16-17-19)9-18-8-10-5-4-6-11(10)13(18)14(20)21/h10-11,13H,2-9H2,1H3,(H,20,21). The second-order valence-corrected chi connectivity index (χ2v) is 6.24. The molecule has 1 aromatic rings. The minimum Gasteiger partial charge on any atom is -0.480 e. The Balaban J connectivity index is 1.72. The first-order valence-corrected chi connectivity index (χ1v) is 7.92. The number of tetrazole rings is 1. The second-order valence-electron chi connectivity index (χ2n) is 6.24. The number of aryl methyl sites for hydroxylation is 1. The number of hydrogen-bond acceptors (Lipinski definition) is 5. The van der Waals surface area contributed by atoms with Gasteiger partial charge in [0.05, 0.1) is 6.54 Å². The molecule has 0 radical (unpaired) electrons. The molecule has 3 unspecified atom stereocenters. The van der Waals surface area contributed by atoms with Gasteiger partial charge in [-0.3, -0.25) is 9.69 Å². The normalized spacial score (nSPS) is 28.9. The van der Waals surface area contributed by atoms with E-state index in [1.54, 1.807) is 0 Å². The molecule has 0 aromatic carbocycles. The average molecular weight is 293 g/mol. The number of nitrogens with zero attached hydrogens (tertiary/aromatic N) is 5. The third kappa shape index (κ3) is 2.79. The van der Waals surface area contributed by atoms with Crippen molar-refractivity contribution in [3.63, 3.8) is 0 Å². The molecule has 1 aliphatic heterocycles. The number of carbonyl (C=O) groups is 1. The summed E-state index contributed by atoms with van der Waals surface area (Å²) in [5, 5.41) is 21.4. The number of fused-ring (bicyclic) bond motifs is 1. The van der Waals surface area contributed by atoms with Crippen LogP contribution in [0.3, 0.4) is 0 Å². The van der Waals surface area contributed by atoms with Crippen LogP contribution < -0.4 is 0 Å². The molecule has 21 heavy (non-hydrogen) atoms. The van der Waals surface area contributed by atoms with Gasteiger partial charge >= 0.3 is 5.97 Å². The number of carboxylic acid groups (broad SMARTS) is 1. The van der Waals surface area contributed by atoms with E-state index in [-0.39, 0.29) is 6.04 Å². The lowest BCUT2D eigenvalue weighted by Crippen LogP contribution is -2.39. The fourth-order valence-electron chi connectivity index (χ4n) is 3.90. The Morgan fingerprint density at radius 2 is 2.29 bits per heavy atom. The highest BCUT2D eigenvalue weighted by atomic mass is 16.4. The van der Waals surface area contributed by atoms with Gasteiger partial charge in [0, 0.05) is 13.1 Å². The molecular formula is C14H23N5O2. The van der Waals surface area contributed by atoms with Gasteiger partial charge in [-0.25, -0.2) is 4.68 Å². The molecule has 0 spiro atoms. The van der Waals surface area contributed by atoms with Crippen LogP contribution in [0.4, 0.5) is 0 Å². The van der Waals surface area contributed by atoms with Gasteiger partial charge in [-0.2, -0.15) is 0 Å². The van der Waals surface area contributed by atoms with Crippen LogP contribution in [0.5, 0.6) is 0 Å². The van der Waals surface area contributed by atoms with E-state index >= 15 is 0 Å². The predicted molar refractivity (Wildman–Crippen MR) is 75.4 cm³/mol. The first-order chi connectivity index (χ1) is 10.2. The lowest BCUT2D eigenvalue weighted by molar-refractivity contribution is -0.143. The molecule has 116 valence electrons. The molecular weight excluding hydrogens is 270 g/mol. The number of unbranched alkanes of at least 4 members (excludes halogenated alkanes) is 1. The van der Waals surface area contributed by atoms with Crippen molar-refractivity contribution in [2.75, 3.05) is 6.54 Å². The molecule has 2 aliphatic rings. The summed E-state index contributed by atoms with van der Waals surface area (Å²) in [5.41, 5.74) is 0. The van der Waals surface area contributed by atoms with Gasteiger partial charge in [-0.1, -0.05) is 19.8 Å². The number of carboxylic acids is 1. The van der Waals surface area contributed by atoms with E-state index in [0.29, 0.717) is 18.4 Å². The second kappa shape index (κ2) is 6.09.